The van der Waals surface area contributed by atoms with Gasteiger partial charge in [-0.3, -0.25) is 9.59 Å². The molecule has 0 atom stereocenters. The highest BCUT2D eigenvalue weighted by atomic mass is 19.1. The summed E-state index contributed by atoms with van der Waals surface area (Å²) in [5.74, 6) is -0.497. The molecule has 0 saturated heterocycles. The normalized spacial score (nSPS) is 10.5. The first-order valence-electron chi connectivity index (χ1n) is 8.63. The number of halogens is 1. The Morgan fingerprint density at radius 1 is 1.04 bits per heavy atom. The molecule has 4 nitrogen and oxygen atoms in total. The number of carbonyl (C=O) groups excluding carboxylic acids is 2. The maximum Gasteiger partial charge on any atom is 0.223 e. The monoisotopic (exact) mass is 357 g/mol. The number of aryl methyl sites for hydroxylation is 1. The van der Waals surface area contributed by atoms with Crippen LogP contribution in [0.2, 0.25) is 0 Å². The van der Waals surface area contributed by atoms with Crippen LogP contribution in [0.4, 0.5) is 4.39 Å². The van der Waals surface area contributed by atoms with Crippen LogP contribution in [0.25, 0.3) is 0 Å². The Labute approximate surface area is 153 Å². The van der Waals surface area contributed by atoms with Crippen molar-refractivity contribution in [3.05, 3.63) is 65.0 Å². The van der Waals surface area contributed by atoms with Crippen LogP contribution in [-0.2, 0) is 17.8 Å². The smallest absolute Gasteiger partial charge is 0.223 e. The second-order valence-electron chi connectivity index (χ2n) is 6.19. The van der Waals surface area contributed by atoms with Crippen molar-refractivity contribution in [2.75, 3.05) is 14.2 Å². The Morgan fingerprint density at radius 3 is 2.27 bits per heavy atom. The van der Waals surface area contributed by atoms with Gasteiger partial charge in [-0.2, -0.15) is 0 Å². The lowest BCUT2D eigenvalue weighted by atomic mass is 10.0. The molecular formula is C21H24FNO3. The summed E-state index contributed by atoms with van der Waals surface area (Å²) in [5.41, 5.74) is 2.46. The lowest BCUT2D eigenvalue weighted by molar-refractivity contribution is -0.130. The van der Waals surface area contributed by atoms with Gasteiger partial charge in [-0.1, -0.05) is 37.3 Å². The van der Waals surface area contributed by atoms with Crippen LogP contribution in [0, 0.1) is 5.82 Å². The van der Waals surface area contributed by atoms with Crippen LogP contribution in [0.15, 0.2) is 42.5 Å². The average Bonchev–Trinajstić information content (AvgIpc) is 2.66. The third kappa shape index (κ3) is 5.15. The molecule has 0 fully saturated rings. The first-order chi connectivity index (χ1) is 12.4. The minimum Gasteiger partial charge on any atom is -0.494 e. The SMILES string of the molecule is CCc1ccc(C(=O)CCC(=O)N(C)Cc2ccc(OC)c(F)c2)cc1. The number of Topliss-reactive ketones (excluding diaryl/α,β-unsaturated/α-hetero) is 1. The molecule has 2 rings (SSSR count). The minimum atomic E-state index is -0.462. The molecule has 0 aliphatic carbocycles. The van der Waals surface area contributed by atoms with Crippen LogP contribution in [0.1, 0.15) is 41.3 Å². The molecule has 0 N–H and O–H groups in total. The molecule has 0 spiro atoms. The van der Waals surface area contributed by atoms with Crippen LogP contribution in [-0.4, -0.2) is 30.7 Å². The highest BCUT2D eigenvalue weighted by Gasteiger charge is 2.14. The molecule has 26 heavy (non-hydrogen) atoms. The zero-order chi connectivity index (χ0) is 19.1. The van der Waals surface area contributed by atoms with E-state index in [1.54, 1.807) is 25.2 Å². The number of hydrogen-bond acceptors (Lipinski definition) is 3. The quantitative estimate of drug-likeness (QED) is 0.671. The Balaban J connectivity index is 1.88. The van der Waals surface area contributed by atoms with E-state index >= 15 is 0 Å². The predicted molar refractivity (Wildman–Crippen MR) is 98.8 cm³/mol. The standard InChI is InChI=1S/C21H24FNO3/c1-4-15-5-8-17(9-6-15)19(24)10-12-21(25)23(2)14-16-7-11-20(26-3)18(22)13-16/h5-9,11,13H,4,10,12,14H2,1-3H3. The first-order valence-corrected chi connectivity index (χ1v) is 8.63. The first kappa shape index (κ1) is 19.6. The zero-order valence-electron chi connectivity index (χ0n) is 15.4. The van der Waals surface area contributed by atoms with Crippen LogP contribution in [0.3, 0.4) is 0 Å². The number of ether oxygens (including phenoxy) is 1. The van der Waals surface area contributed by atoms with E-state index < -0.39 is 5.82 Å². The molecular weight excluding hydrogens is 333 g/mol. The van der Waals surface area contributed by atoms with Gasteiger partial charge in [-0.25, -0.2) is 4.39 Å². The van der Waals surface area contributed by atoms with Crippen molar-refractivity contribution < 1.29 is 18.7 Å². The molecule has 0 saturated carbocycles. The zero-order valence-corrected chi connectivity index (χ0v) is 15.4. The summed E-state index contributed by atoms with van der Waals surface area (Å²) in [5, 5.41) is 0. The van der Waals surface area contributed by atoms with Gasteiger partial charge in [-0.05, 0) is 29.7 Å². The third-order valence-electron chi connectivity index (χ3n) is 4.31. The number of benzene rings is 2. The van der Waals surface area contributed by atoms with Crippen LogP contribution >= 0.6 is 0 Å². The fourth-order valence-corrected chi connectivity index (χ4v) is 2.65. The fourth-order valence-electron chi connectivity index (χ4n) is 2.65. The summed E-state index contributed by atoms with van der Waals surface area (Å²) >= 11 is 0. The third-order valence-corrected chi connectivity index (χ3v) is 4.31. The second-order valence-corrected chi connectivity index (χ2v) is 6.19. The van der Waals surface area contributed by atoms with Gasteiger partial charge < -0.3 is 9.64 Å². The van der Waals surface area contributed by atoms with Gasteiger partial charge >= 0.3 is 0 Å². The maximum atomic E-state index is 13.7. The number of methoxy groups -OCH3 is 1. The Bertz CT molecular complexity index is 771. The van der Waals surface area contributed by atoms with Crippen molar-refractivity contribution >= 4 is 11.7 Å². The van der Waals surface area contributed by atoms with Crippen molar-refractivity contribution in [2.24, 2.45) is 0 Å². The van der Waals surface area contributed by atoms with Gasteiger partial charge in [0, 0.05) is 32.0 Å². The van der Waals surface area contributed by atoms with E-state index in [0.717, 1.165) is 6.42 Å². The molecule has 0 unspecified atom stereocenters. The highest BCUT2D eigenvalue weighted by Crippen LogP contribution is 2.19. The van der Waals surface area contributed by atoms with Crippen molar-refractivity contribution in [3.8, 4) is 5.75 Å². The van der Waals surface area contributed by atoms with Crippen molar-refractivity contribution in [1.29, 1.82) is 0 Å². The van der Waals surface area contributed by atoms with E-state index in [4.69, 9.17) is 4.74 Å². The number of hydrogen-bond donors (Lipinski definition) is 0. The molecule has 0 bridgehead atoms. The number of carbonyl (C=O) groups is 2. The number of nitrogens with zero attached hydrogens (tertiary/aromatic N) is 1. The number of amides is 1. The van der Waals surface area contributed by atoms with E-state index in [-0.39, 0.29) is 36.8 Å². The summed E-state index contributed by atoms with van der Waals surface area (Å²) in [6.07, 6.45) is 1.21. The molecule has 1 amide bonds. The summed E-state index contributed by atoms with van der Waals surface area (Å²) < 4.78 is 18.6. The summed E-state index contributed by atoms with van der Waals surface area (Å²) in [7, 11) is 3.05. The van der Waals surface area contributed by atoms with Gasteiger partial charge in [0.1, 0.15) is 0 Å². The van der Waals surface area contributed by atoms with Crippen molar-refractivity contribution in [3.63, 3.8) is 0 Å². The Morgan fingerprint density at radius 2 is 1.69 bits per heavy atom. The predicted octanol–water partition coefficient (Wildman–Crippen LogP) is 4.02. The summed E-state index contributed by atoms with van der Waals surface area (Å²) in [6.45, 7) is 2.33. The Kier molecular flexibility index (Phi) is 6.89. The maximum absolute atomic E-state index is 13.7. The van der Waals surface area contributed by atoms with Crippen molar-refractivity contribution in [2.45, 2.75) is 32.7 Å². The molecule has 0 aliphatic heterocycles. The molecule has 5 heteroatoms. The average molecular weight is 357 g/mol. The lowest BCUT2D eigenvalue weighted by Crippen LogP contribution is -2.26. The van der Waals surface area contributed by atoms with E-state index in [1.165, 1.54) is 29.7 Å². The van der Waals surface area contributed by atoms with Crippen LogP contribution < -0.4 is 4.74 Å². The fraction of sp³-hybridized carbons (Fsp3) is 0.333. The molecule has 0 heterocycles. The van der Waals surface area contributed by atoms with Gasteiger partial charge in [0.2, 0.25) is 5.91 Å². The number of rotatable bonds is 8. The summed E-state index contributed by atoms with van der Waals surface area (Å²) in [6, 6.07) is 12.1. The van der Waals surface area contributed by atoms with Gasteiger partial charge in [0.25, 0.3) is 0 Å². The largest absolute Gasteiger partial charge is 0.494 e. The van der Waals surface area contributed by atoms with E-state index in [2.05, 4.69) is 6.92 Å². The van der Waals surface area contributed by atoms with Gasteiger partial charge in [0.05, 0.1) is 7.11 Å². The van der Waals surface area contributed by atoms with E-state index in [1.807, 2.05) is 12.1 Å². The topological polar surface area (TPSA) is 46.6 Å². The van der Waals surface area contributed by atoms with Gasteiger partial charge in [-0.15, -0.1) is 0 Å². The lowest BCUT2D eigenvalue weighted by Gasteiger charge is -2.17. The molecule has 2 aromatic rings. The highest BCUT2D eigenvalue weighted by molar-refractivity contribution is 5.97. The van der Waals surface area contributed by atoms with Gasteiger partial charge in [0.15, 0.2) is 17.3 Å². The second kappa shape index (κ2) is 9.13. The van der Waals surface area contributed by atoms with E-state index in [0.29, 0.717) is 11.1 Å². The molecule has 0 aromatic heterocycles. The summed E-state index contributed by atoms with van der Waals surface area (Å²) in [4.78, 5) is 26.0. The van der Waals surface area contributed by atoms with E-state index in [9.17, 15) is 14.0 Å². The minimum absolute atomic E-state index is 0.0510. The molecule has 138 valence electrons. The molecule has 0 aliphatic rings. The van der Waals surface area contributed by atoms with Crippen LogP contribution in [0.5, 0.6) is 5.75 Å². The molecule has 0 radical (unpaired) electrons. The number of ketones is 1. The Hall–Kier alpha value is -2.69. The van der Waals surface area contributed by atoms with Crippen molar-refractivity contribution in [1.82, 2.24) is 4.90 Å². The molecule has 2 aromatic carbocycles.